The Morgan fingerprint density at radius 1 is 1.09 bits per heavy atom. The summed E-state index contributed by atoms with van der Waals surface area (Å²) in [6.45, 7) is 4.11. The van der Waals surface area contributed by atoms with Crippen LogP contribution in [0.5, 0.6) is 0 Å². The molecule has 7 nitrogen and oxygen atoms in total. The minimum absolute atomic E-state index is 0.258. The molecule has 0 radical (unpaired) electrons. The van der Waals surface area contributed by atoms with Gasteiger partial charge in [-0.05, 0) is 30.1 Å². The lowest BCUT2D eigenvalue weighted by molar-refractivity contribution is -0.192. The highest BCUT2D eigenvalue weighted by molar-refractivity contribution is 7.09. The van der Waals surface area contributed by atoms with Crippen molar-refractivity contribution in [2.75, 3.05) is 26.7 Å². The number of nitrogens with zero attached hydrogens (tertiary/aromatic N) is 5. The molecule has 35 heavy (non-hydrogen) atoms. The number of aliphatic carboxylic acids is 1. The maximum Gasteiger partial charge on any atom is 0.490 e. The maximum absolute atomic E-state index is 10.6. The molecule has 1 saturated heterocycles. The van der Waals surface area contributed by atoms with E-state index in [1.165, 1.54) is 10.4 Å². The Bertz CT molecular complexity index is 1260. The van der Waals surface area contributed by atoms with Crippen molar-refractivity contribution >= 4 is 22.8 Å². The van der Waals surface area contributed by atoms with Crippen molar-refractivity contribution < 1.29 is 23.1 Å². The van der Waals surface area contributed by atoms with Gasteiger partial charge in [0.25, 0.3) is 0 Å². The number of halogens is 3. The average Bonchev–Trinajstić information content (AvgIpc) is 3.50. The molecule has 0 aliphatic carbocycles. The Kier molecular flexibility index (Phi) is 7.48. The van der Waals surface area contributed by atoms with Crippen LogP contribution in [0.2, 0.25) is 0 Å². The fourth-order valence-corrected chi connectivity index (χ4v) is 4.69. The van der Waals surface area contributed by atoms with Crippen LogP contribution in [0.4, 0.5) is 13.2 Å². The van der Waals surface area contributed by atoms with E-state index in [1.807, 2.05) is 21.9 Å². The van der Waals surface area contributed by atoms with Crippen LogP contribution < -0.4 is 0 Å². The molecular formula is C24H24F3N5O2S. The quantitative estimate of drug-likeness (QED) is 0.440. The molecule has 4 heterocycles. The van der Waals surface area contributed by atoms with Crippen LogP contribution in [-0.2, 0) is 11.3 Å². The van der Waals surface area contributed by atoms with E-state index >= 15 is 0 Å². The van der Waals surface area contributed by atoms with Gasteiger partial charge in [0.15, 0.2) is 0 Å². The Hall–Kier alpha value is -3.28. The molecule has 11 heteroatoms. The number of carbonyl (C=O) groups is 1. The summed E-state index contributed by atoms with van der Waals surface area (Å²) in [6, 6.07) is 19.3. The number of hydrogen-bond acceptors (Lipinski definition) is 6. The molecular weight excluding hydrogens is 479 g/mol. The van der Waals surface area contributed by atoms with Gasteiger partial charge in [0, 0.05) is 42.8 Å². The topological polar surface area (TPSA) is 74.0 Å². The van der Waals surface area contributed by atoms with E-state index in [9.17, 15) is 13.2 Å². The number of alkyl halides is 3. The monoisotopic (exact) mass is 503 g/mol. The van der Waals surface area contributed by atoms with Crippen LogP contribution in [0.3, 0.4) is 0 Å². The molecule has 1 fully saturated rings. The first-order valence-electron chi connectivity index (χ1n) is 10.9. The van der Waals surface area contributed by atoms with E-state index in [2.05, 4.69) is 87.3 Å². The molecule has 0 saturated carbocycles. The highest BCUT2D eigenvalue weighted by Crippen LogP contribution is 2.28. The molecule has 1 atom stereocenters. The smallest absolute Gasteiger partial charge is 0.475 e. The van der Waals surface area contributed by atoms with Crippen LogP contribution in [0.15, 0.2) is 66.2 Å². The van der Waals surface area contributed by atoms with E-state index < -0.39 is 12.1 Å². The molecule has 3 aromatic heterocycles. The van der Waals surface area contributed by atoms with Crippen LogP contribution in [-0.4, -0.2) is 68.6 Å². The molecule has 1 unspecified atom stereocenters. The molecule has 1 aliphatic heterocycles. The number of carboxylic acids is 1. The number of hydrogen-bond donors (Lipinski definition) is 1. The van der Waals surface area contributed by atoms with Crippen molar-refractivity contribution in [3.63, 3.8) is 0 Å². The maximum atomic E-state index is 10.6. The van der Waals surface area contributed by atoms with Gasteiger partial charge in [-0.3, -0.25) is 9.80 Å². The molecule has 4 aromatic rings. The largest absolute Gasteiger partial charge is 0.490 e. The van der Waals surface area contributed by atoms with Gasteiger partial charge in [-0.25, -0.2) is 9.31 Å². The molecule has 0 bridgehead atoms. The number of thiophene rings is 1. The Morgan fingerprint density at radius 2 is 1.83 bits per heavy atom. The fourth-order valence-electron chi connectivity index (χ4n) is 3.94. The van der Waals surface area contributed by atoms with Gasteiger partial charge < -0.3 is 5.11 Å². The highest BCUT2D eigenvalue weighted by Gasteiger charge is 2.38. The zero-order valence-corrected chi connectivity index (χ0v) is 19.7. The number of carboxylic acid groups (broad SMARTS) is 1. The van der Waals surface area contributed by atoms with Crippen molar-refractivity contribution in [3.05, 3.63) is 76.7 Å². The highest BCUT2D eigenvalue weighted by atomic mass is 32.1. The first-order valence-corrected chi connectivity index (χ1v) is 11.8. The van der Waals surface area contributed by atoms with E-state index in [4.69, 9.17) is 9.90 Å². The van der Waals surface area contributed by atoms with E-state index in [1.54, 1.807) is 0 Å². The van der Waals surface area contributed by atoms with Gasteiger partial charge in [0.2, 0.25) is 0 Å². The summed E-state index contributed by atoms with van der Waals surface area (Å²) in [7, 11) is 2.19. The number of pyridine rings is 1. The van der Waals surface area contributed by atoms with Crippen LogP contribution >= 0.6 is 11.3 Å². The summed E-state index contributed by atoms with van der Waals surface area (Å²) < 4.78 is 33.7. The second-order valence-electron chi connectivity index (χ2n) is 8.20. The summed E-state index contributed by atoms with van der Waals surface area (Å²) in [5.41, 5.74) is 4.51. The number of fused-ring (bicyclic) bond motifs is 1. The lowest BCUT2D eigenvalue weighted by Crippen LogP contribution is -2.46. The van der Waals surface area contributed by atoms with Crippen molar-refractivity contribution in [1.29, 1.82) is 0 Å². The number of benzene rings is 1. The van der Waals surface area contributed by atoms with Crippen LogP contribution in [0.1, 0.15) is 16.6 Å². The molecule has 0 amide bonds. The van der Waals surface area contributed by atoms with E-state index in [0.717, 1.165) is 43.0 Å². The van der Waals surface area contributed by atoms with E-state index in [-0.39, 0.29) is 6.04 Å². The summed E-state index contributed by atoms with van der Waals surface area (Å²) in [6.07, 6.45) is -3.01. The predicted octanol–water partition coefficient (Wildman–Crippen LogP) is 4.58. The summed E-state index contributed by atoms with van der Waals surface area (Å²) in [4.78, 5) is 15.2. The summed E-state index contributed by atoms with van der Waals surface area (Å²) in [5.74, 6) is -2.76. The first-order chi connectivity index (χ1) is 16.7. The first kappa shape index (κ1) is 24.8. The lowest BCUT2D eigenvalue weighted by atomic mass is 10.1. The number of aromatic nitrogens is 3. The normalized spacial score (nSPS) is 17.2. The standard InChI is InChI=1S/C22H23N5S.C2HF3O2/c1-25-11-12-26(15-19-8-5-13-28-19)16-21(25)22-20-10-9-18(14-27(20)24-23-22)17-6-3-2-4-7-17;3-2(4,5)1(6)7/h2-10,13-14,21H,11-12,15-16H2,1H3;(H,6,7). The van der Waals surface area contributed by atoms with Gasteiger partial charge in [0.1, 0.15) is 5.69 Å². The molecule has 1 N–H and O–H groups in total. The Morgan fingerprint density at radius 3 is 2.49 bits per heavy atom. The zero-order chi connectivity index (χ0) is 25.0. The van der Waals surface area contributed by atoms with Crippen LogP contribution in [0, 0.1) is 0 Å². The number of rotatable bonds is 4. The third kappa shape index (κ3) is 6.05. The Balaban J connectivity index is 0.000000364. The third-order valence-corrected chi connectivity index (χ3v) is 6.66. The van der Waals surface area contributed by atoms with Crippen molar-refractivity contribution in [1.82, 2.24) is 24.6 Å². The van der Waals surface area contributed by atoms with Gasteiger partial charge in [-0.1, -0.05) is 47.7 Å². The molecule has 184 valence electrons. The molecule has 0 spiro atoms. The third-order valence-electron chi connectivity index (χ3n) is 5.80. The van der Waals surface area contributed by atoms with Crippen molar-refractivity contribution in [3.8, 4) is 11.1 Å². The number of piperazine rings is 1. The minimum Gasteiger partial charge on any atom is -0.475 e. The lowest BCUT2D eigenvalue weighted by Gasteiger charge is -2.38. The second-order valence-corrected chi connectivity index (χ2v) is 9.23. The summed E-state index contributed by atoms with van der Waals surface area (Å²) >= 11 is 1.83. The van der Waals surface area contributed by atoms with Crippen molar-refractivity contribution in [2.45, 2.75) is 18.8 Å². The predicted molar refractivity (Wildman–Crippen MR) is 127 cm³/mol. The zero-order valence-electron chi connectivity index (χ0n) is 18.9. The number of likely N-dealkylation sites (N-methyl/N-ethyl adjacent to an activating group) is 1. The van der Waals surface area contributed by atoms with Gasteiger partial charge >= 0.3 is 12.1 Å². The van der Waals surface area contributed by atoms with E-state index in [0.29, 0.717) is 0 Å². The fraction of sp³-hybridized carbons (Fsp3) is 0.292. The van der Waals surface area contributed by atoms with Crippen molar-refractivity contribution in [2.24, 2.45) is 0 Å². The van der Waals surface area contributed by atoms with Gasteiger partial charge in [-0.2, -0.15) is 13.2 Å². The molecule has 5 rings (SSSR count). The molecule has 1 aliphatic rings. The average molecular weight is 504 g/mol. The van der Waals surface area contributed by atoms with Gasteiger partial charge in [-0.15, -0.1) is 16.4 Å². The summed E-state index contributed by atoms with van der Waals surface area (Å²) in [5, 5.41) is 18.3. The van der Waals surface area contributed by atoms with Gasteiger partial charge in [0.05, 0.1) is 11.6 Å². The molecule has 1 aromatic carbocycles. The van der Waals surface area contributed by atoms with Crippen LogP contribution in [0.25, 0.3) is 16.6 Å². The second kappa shape index (κ2) is 10.5. The Labute approximate surface area is 204 Å². The minimum atomic E-state index is -5.08. The SMILES string of the molecule is CN1CCN(Cc2cccs2)CC1c1nnn2cc(-c3ccccc3)ccc12.O=C(O)C(F)(F)F.